The van der Waals surface area contributed by atoms with E-state index in [1.54, 1.807) is 0 Å². The van der Waals surface area contributed by atoms with Crippen LogP contribution in [-0.2, 0) is 12.8 Å². The molecule has 1 aliphatic rings. The zero-order valence-corrected chi connectivity index (χ0v) is 14.9. The van der Waals surface area contributed by atoms with Gasteiger partial charge in [0.25, 0.3) is 0 Å². The maximum absolute atomic E-state index is 4.75. The van der Waals surface area contributed by atoms with Gasteiger partial charge in [0.05, 0.1) is 0 Å². The minimum absolute atomic E-state index is 0.682. The number of rotatable bonds is 5. The average molecular weight is 325 g/mol. The van der Waals surface area contributed by atoms with E-state index in [9.17, 15) is 0 Å². The lowest BCUT2D eigenvalue weighted by Crippen LogP contribution is -2.44. The lowest BCUT2D eigenvalue weighted by Gasteiger charge is -2.33. The van der Waals surface area contributed by atoms with Gasteiger partial charge in [-0.2, -0.15) is 4.98 Å². The minimum atomic E-state index is 0.682. The molecule has 0 bridgehead atoms. The number of anilines is 3. The van der Waals surface area contributed by atoms with Gasteiger partial charge >= 0.3 is 0 Å². The summed E-state index contributed by atoms with van der Waals surface area (Å²) < 4.78 is 0. The molecule has 5 heteroatoms. The maximum Gasteiger partial charge on any atom is 0.229 e. The maximum atomic E-state index is 4.75. The highest BCUT2D eigenvalue weighted by Crippen LogP contribution is 2.26. The van der Waals surface area contributed by atoms with Crippen molar-refractivity contribution in [3.63, 3.8) is 0 Å². The Hall–Kier alpha value is -2.14. The molecule has 5 nitrogen and oxygen atoms in total. The van der Waals surface area contributed by atoms with Crippen LogP contribution in [0.15, 0.2) is 30.5 Å². The Labute approximate surface area is 144 Å². The third-order valence-corrected chi connectivity index (χ3v) is 4.70. The molecular weight excluding hydrogens is 298 g/mol. The van der Waals surface area contributed by atoms with E-state index in [0.717, 1.165) is 50.5 Å². The first-order chi connectivity index (χ1) is 11.7. The fourth-order valence-electron chi connectivity index (χ4n) is 3.14. The second-order valence-electron chi connectivity index (χ2n) is 6.31. The van der Waals surface area contributed by atoms with E-state index in [1.165, 1.54) is 11.1 Å². The summed E-state index contributed by atoms with van der Waals surface area (Å²) in [6.45, 7) is 8.54. The lowest BCUT2D eigenvalue weighted by atomic mass is 10.0. The molecule has 0 aliphatic carbocycles. The lowest BCUT2D eigenvalue weighted by molar-refractivity contribution is 0.312. The fraction of sp³-hybridized carbons (Fsp3) is 0.474. The summed E-state index contributed by atoms with van der Waals surface area (Å²) in [6.07, 6.45) is 3.84. The van der Waals surface area contributed by atoms with Gasteiger partial charge in [0.2, 0.25) is 5.95 Å². The molecule has 3 rings (SSSR count). The van der Waals surface area contributed by atoms with Crippen molar-refractivity contribution >= 4 is 17.5 Å². The molecule has 1 aliphatic heterocycles. The number of nitrogens with zero attached hydrogens (tertiary/aromatic N) is 4. The van der Waals surface area contributed by atoms with Crippen LogP contribution in [0.2, 0.25) is 0 Å². The van der Waals surface area contributed by atoms with Crippen molar-refractivity contribution in [3.05, 3.63) is 41.6 Å². The van der Waals surface area contributed by atoms with E-state index in [2.05, 4.69) is 59.2 Å². The van der Waals surface area contributed by atoms with Gasteiger partial charge in [-0.1, -0.05) is 32.0 Å². The van der Waals surface area contributed by atoms with Gasteiger partial charge in [-0.05, 0) is 37.1 Å². The SMILES string of the molecule is CCc1cccc(CC)c1Nc1nccc(N2CCN(C)CC2)n1. The van der Waals surface area contributed by atoms with E-state index in [4.69, 9.17) is 4.98 Å². The Morgan fingerprint density at radius 3 is 2.29 bits per heavy atom. The highest BCUT2D eigenvalue weighted by molar-refractivity contribution is 5.64. The van der Waals surface area contributed by atoms with Crippen molar-refractivity contribution in [1.82, 2.24) is 14.9 Å². The van der Waals surface area contributed by atoms with Crippen LogP contribution in [0.5, 0.6) is 0 Å². The minimum Gasteiger partial charge on any atom is -0.354 e. The molecule has 1 aromatic heterocycles. The number of nitrogens with one attached hydrogen (secondary N) is 1. The summed E-state index contributed by atoms with van der Waals surface area (Å²) in [5.41, 5.74) is 3.78. The Kier molecular flexibility index (Phi) is 5.30. The third-order valence-electron chi connectivity index (χ3n) is 4.70. The summed E-state index contributed by atoms with van der Waals surface area (Å²) >= 11 is 0. The van der Waals surface area contributed by atoms with Crippen molar-refractivity contribution < 1.29 is 0 Å². The first-order valence-electron chi connectivity index (χ1n) is 8.85. The molecule has 0 radical (unpaired) electrons. The zero-order chi connectivity index (χ0) is 16.9. The van der Waals surface area contributed by atoms with Gasteiger partial charge in [0.15, 0.2) is 0 Å². The molecule has 24 heavy (non-hydrogen) atoms. The summed E-state index contributed by atoms with van der Waals surface area (Å²) in [5, 5.41) is 3.47. The number of hydrogen-bond acceptors (Lipinski definition) is 5. The van der Waals surface area contributed by atoms with Gasteiger partial charge in [-0.25, -0.2) is 4.98 Å². The molecule has 0 unspecified atom stereocenters. The molecule has 1 N–H and O–H groups in total. The number of hydrogen-bond donors (Lipinski definition) is 1. The highest BCUT2D eigenvalue weighted by atomic mass is 15.3. The number of likely N-dealkylation sites (N-methyl/N-ethyl adjacent to an activating group) is 1. The molecule has 2 heterocycles. The van der Waals surface area contributed by atoms with Crippen LogP contribution < -0.4 is 10.2 Å². The van der Waals surface area contributed by atoms with E-state index in [-0.39, 0.29) is 0 Å². The Morgan fingerprint density at radius 2 is 1.67 bits per heavy atom. The largest absolute Gasteiger partial charge is 0.354 e. The van der Waals surface area contributed by atoms with Crippen LogP contribution in [0.3, 0.4) is 0 Å². The molecular formula is C19H27N5. The first-order valence-corrected chi connectivity index (χ1v) is 8.85. The van der Waals surface area contributed by atoms with Crippen molar-refractivity contribution in [3.8, 4) is 0 Å². The topological polar surface area (TPSA) is 44.3 Å². The van der Waals surface area contributed by atoms with Gasteiger partial charge < -0.3 is 15.1 Å². The van der Waals surface area contributed by atoms with Gasteiger partial charge in [0, 0.05) is 38.1 Å². The van der Waals surface area contributed by atoms with Crippen molar-refractivity contribution in [2.45, 2.75) is 26.7 Å². The molecule has 0 amide bonds. The standard InChI is InChI=1S/C19H27N5/c1-4-15-7-6-8-16(5-2)18(15)22-19-20-10-9-17(21-19)24-13-11-23(3)12-14-24/h6-10H,4-5,11-14H2,1-3H3,(H,20,21,22). The van der Waals surface area contributed by atoms with Crippen molar-refractivity contribution in [2.24, 2.45) is 0 Å². The molecule has 1 aromatic carbocycles. The van der Waals surface area contributed by atoms with Crippen LogP contribution in [0.4, 0.5) is 17.5 Å². The molecule has 1 fully saturated rings. The quantitative estimate of drug-likeness (QED) is 0.915. The van der Waals surface area contributed by atoms with Crippen LogP contribution in [-0.4, -0.2) is 48.1 Å². The van der Waals surface area contributed by atoms with E-state index in [0.29, 0.717) is 5.95 Å². The van der Waals surface area contributed by atoms with Crippen molar-refractivity contribution in [1.29, 1.82) is 0 Å². The second kappa shape index (κ2) is 7.62. The summed E-state index contributed by atoms with van der Waals surface area (Å²) in [7, 11) is 2.16. The van der Waals surface area contributed by atoms with Crippen LogP contribution >= 0.6 is 0 Å². The van der Waals surface area contributed by atoms with E-state index < -0.39 is 0 Å². The predicted molar refractivity (Wildman–Crippen MR) is 100 cm³/mol. The number of aromatic nitrogens is 2. The van der Waals surface area contributed by atoms with Gasteiger partial charge in [-0.15, -0.1) is 0 Å². The zero-order valence-electron chi connectivity index (χ0n) is 14.9. The first kappa shape index (κ1) is 16.7. The number of para-hydroxylation sites is 1. The fourth-order valence-corrected chi connectivity index (χ4v) is 3.14. The second-order valence-corrected chi connectivity index (χ2v) is 6.31. The number of benzene rings is 1. The number of aryl methyl sites for hydroxylation is 2. The molecule has 128 valence electrons. The van der Waals surface area contributed by atoms with Gasteiger partial charge in [0.1, 0.15) is 5.82 Å². The van der Waals surface area contributed by atoms with Gasteiger partial charge in [-0.3, -0.25) is 0 Å². The Balaban J connectivity index is 1.83. The van der Waals surface area contributed by atoms with Crippen LogP contribution in [0.1, 0.15) is 25.0 Å². The Bertz CT molecular complexity index is 655. The monoisotopic (exact) mass is 325 g/mol. The smallest absolute Gasteiger partial charge is 0.229 e. The average Bonchev–Trinajstić information content (AvgIpc) is 2.62. The van der Waals surface area contributed by atoms with E-state index >= 15 is 0 Å². The molecule has 0 spiro atoms. The number of piperazine rings is 1. The normalized spacial score (nSPS) is 15.5. The summed E-state index contributed by atoms with van der Waals surface area (Å²) in [6, 6.07) is 8.48. The van der Waals surface area contributed by atoms with Crippen molar-refractivity contribution in [2.75, 3.05) is 43.4 Å². The summed E-state index contributed by atoms with van der Waals surface area (Å²) in [5.74, 6) is 1.69. The highest BCUT2D eigenvalue weighted by Gasteiger charge is 2.16. The molecule has 0 saturated carbocycles. The molecule has 0 atom stereocenters. The predicted octanol–water partition coefficient (Wildman–Crippen LogP) is 3.10. The van der Waals surface area contributed by atoms with Crippen LogP contribution in [0, 0.1) is 0 Å². The molecule has 1 saturated heterocycles. The summed E-state index contributed by atoms with van der Waals surface area (Å²) in [4.78, 5) is 13.9. The van der Waals surface area contributed by atoms with Crippen LogP contribution in [0.25, 0.3) is 0 Å². The Morgan fingerprint density at radius 1 is 1.00 bits per heavy atom. The van der Waals surface area contributed by atoms with E-state index in [1.807, 2.05) is 12.3 Å². The molecule has 2 aromatic rings. The third kappa shape index (κ3) is 3.67.